The maximum Gasteiger partial charge on any atom is 0.200 e. The summed E-state index contributed by atoms with van der Waals surface area (Å²) in [5, 5.41) is 3.85. The third-order valence-electron chi connectivity index (χ3n) is 4.91. The fourth-order valence-corrected chi connectivity index (χ4v) is 3.87. The van der Waals surface area contributed by atoms with E-state index in [0.717, 1.165) is 10.0 Å². The van der Waals surface area contributed by atoms with Gasteiger partial charge in [-0.15, -0.1) is 0 Å². The van der Waals surface area contributed by atoms with Crippen molar-refractivity contribution in [2.75, 3.05) is 5.32 Å². The Morgan fingerprint density at radius 2 is 1.93 bits per heavy atom. The highest BCUT2D eigenvalue weighted by molar-refractivity contribution is 9.10. The summed E-state index contributed by atoms with van der Waals surface area (Å²) in [5.41, 5.74) is 3.02. The van der Waals surface area contributed by atoms with E-state index in [1.807, 2.05) is 43.3 Å². The predicted molar refractivity (Wildman–Crippen MR) is 119 cm³/mol. The molecule has 0 aliphatic heterocycles. The molecular weight excluding hydrogens is 446 g/mol. The first kappa shape index (κ1) is 18.5. The molecule has 0 saturated heterocycles. The number of fused-ring (bicyclic) bond motifs is 2. The van der Waals surface area contributed by atoms with Gasteiger partial charge in [-0.1, -0.05) is 46.3 Å². The molecule has 0 aliphatic carbocycles. The zero-order valence-corrected chi connectivity index (χ0v) is 17.5. The second-order valence-electron chi connectivity index (χ2n) is 6.86. The Kier molecular flexibility index (Phi) is 4.55. The number of imidazole rings is 1. The highest BCUT2D eigenvalue weighted by Crippen LogP contribution is 2.32. The van der Waals surface area contributed by atoms with E-state index < -0.39 is 0 Å². The van der Waals surface area contributed by atoms with Crippen molar-refractivity contribution in [2.45, 2.75) is 13.0 Å². The summed E-state index contributed by atoms with van der Waals surface area (Å²) in [4.78, 5) is 29.2. The molecule has 0 amide bonds. The Morgan fingerprint density at radius 3 is 2.77 bits per heavy atom. The Hall–Kier alpha value is -3.52. The summed E-state index contributed by atoms with van der Waals surface area (Å²) in [5.74, 6) is 1.09. The van der Waals surface area contributed by atoms with E-state index in [0.29, 0.717) is 39.3 Å². The predicted octanol–water partition coefficient (Wildman–Crippen LogP) is 5.06. The van der Waals surface area contributed by atoms with E-state index in [2.05, 4.69) is 41.2 Å². The number of benzene rings is 2. The van der Waals surface area contributed by atoms with Crippen molar-refractivity contribution < 1.29 is 4.42 Å². The molecule has 3 heterocycles. The van der Waals surface area contributed by atoms with Crippen molar-refractivity contribution in [1.82, 2.24) is 19.9 Å². The minimum absolute atomic E-state index is 0.0833. The first-order valence-corrected chi connectivity index (χ1v) is 10.1. The normalized spacial score (nSPS) is 12.3. The minimum atomic E-state index is -0.351. The molecule has 5 aromatic rings. The van der Waals surface area contributed by atoms with E-state index >= 15 is 0 Å². The number of rotatable bonds is 4. The van der Waals surface area contributed by atoms with E-state index in [1.54, 1.807) is 18.5 Å². The van der Waals surface area contributed by atoms with Gasteiger partial charge in [0.15, 0.2) is 11.5 Å². The van der Waals surface area contributed by atoms with Gasteiger partial charge in [-0.25, -0.2) is 15.0 Å². The molecule has 30 heavy (non-hydrogen) atoms. The maximum absolute atomic E-state index is 13.5. The van der Waals surface area contributed by atoms with E-state index in [-0.39, 0.29) is 11.5 Å². The van der Waals surface area contributed by atoms with E-state index in [4.69, 9.17) is 4.42 Å². The molecule has 0 fully saturated rings. The van der Waals surface area contributed by atoms with Crippen LogP contribution in [0.1, 0.15) is 18.7 Å². The van der Waals surface area contributed by atoms with Gasteiger partial charge >= 0.3 is 0 Å². The molecule has 148 valence electrons. The first-order chi connectivity index (χ1) is 14.6. The summed E-state index contributed by atoms with van der Waals surface area (Å²) in [7, 11) is 0. The summed E-state index contributed by atoms with van der Waals surface area (Å²) >= 11 is 3.44. The number of anilines is 1. The van der Waals surface area contributed by atoms with Crippen molar-refractivity contribution in [1.29, 1.82) is 0 Å². The van der Waals surface area contributed by atoms with Crippen LogP contribution in [-0.4, -0.2) is 19.9 Å². The molecule has 2 aromatic carbocycles. The topological polar surface area (TPSA) is 96.7 Å². The molecule has 3 aromatic heterocycles. The molecule has 7 nitrogen and oxygen atoms in total. The highest BCUT2D eigenvalue weighted by Gasteiger charge is 2.22. The summed E-state index contributed by atoms with van der Waals surface area (Å²) < 4.78 is 7.08. The molecule has 0 aliphatic rings. The van der Waals surface area contributed by atoms with Crippen molar-refractivity contribution in [3.8, 4) is 11.1 Å². The summed E-state index contributed by atoms with van der Waals surface area (Å²) in [6, 6.07) is 14.6. The monoisotopic (exact) mass is 461 g/mol. The minimum Gasteiger partial charge on any atom is -0.458 e. The van der Waals surface area contributed by atoms with Crippen LogP contribution >= 0.6 is 15.9 Å². The smallest absolute Gasteiger partial charge is 0.200 e. The standard InChI is InChI=1S/C22H16BrN5O2/c1-12(28-22-18-21(25-10-24-18)26-11-27-22)20-17(13-5-3-2-4-6-13)19(29)15-9-14(23)7-8-16(15)30-20/h2-12H,1H3,(H2,24,25,26,27,28). The molecule has 1 atom stereocenters. The summed E-state index contributed by atoms with van der Waals surface area (Å²) in [6.45, 7) is 1.93. The number of aromatic nitrogens is 4. The number of nitrogens with one attached hydrogen (secondary N) is 2. The fourth-order valence-electron chi connectivity index (χ4n) is 3.51. The molecule has 8 heteroatoms. The van der Waals surface area contributed by atoms with Crippen LogP contribution in [0.3, 0.4) is 0 Å². The van der Waals surface area contributed by atoms with Gasteiger partial charge in [-0.2, -0.15) is 0 Å². The second kappa shape index (κ2) is 7.38. The number of hydrogen-bond donors (Lipinski definition) is 2. The zero-order chi connectivity index (χ0) is 20.7. The molecule has 2 N–H and O–H groups in total. The lowest BCUT2D eigenvalue weighted by Crippen LogP contribution is -2.16. The van der Waals surface area contributed by atoms with Crippen LogP contribution in [-0.2, 0) is 0 Å². The Bertz CT molecular complexity index is 1430. The van der Waals surface area contributed by atoms with Crippen molar-refractivity contribution in [3.63, 3.8) is 0 Å². The van der Waals surface area contributed by atoms with E-state index in [1.165, 1.54) is 6.33 Å². The van der Waals surface area contributed by atoms with Gasteiger partial charge in [0.2, 0.25) is 5.43 Å². The van der Waals surface area contributed by atoms with Crippen LogP contribution < -0.4 is 10.7 Å². The van der Waals surface area contributed by atoms with Crippen molar-refractivity contribution in [3.05, 3.63) is 81.6 Å². The summed E-state index contributed by atoms with van der Waals surface area (Å²) in [6.07, 6.45) is 3.03. The Balaban J connectivity index is 1.70. The molecule has 1 unspecified atom stereocenters. The lowest BCUT2D eigenvalue weighted by Gasteiger charge is -2.18. The van der Waals surface area contributed by atoms with Crippen LogP contribution in [0.5, 0.6) is 0 Å². The largest absolute Gasteiger partial charge is 0.458 e. The van der Waals surface area contributed by atoms with Gasteiger partial charge < -0.3 is 14.7 Å². The number of H-pyrrole nitrogens is 1. The van der Waals surface area contributed by atoms with Gasteiger partial charge in [0, 0.05) is 4.47 Å². The van der Waals surface area contributed by atoms with Gasteiger partial charge in [0.05, 0.1) is 23.3 Å². The van der Waals surface area contributed by atoms with Crippen molar-refractivity contribution >= 4 is 43.9 Å². The number of nitrogens with zero attached hydrogens (tertiary/aromatic N) is 3. The van der Waals surface area contributed by atoms with Gasteiger partial charge in [-0.05, 0) is 30.7 Å². The average molecular weight is 462 g/mol. The lowest BCUT2D eigenvalue weighted by molar-refractivity contribution is 0.515. The number of halogens is 1. The Labute approximate surface area is 179 Å². The van der Waals surface area contributed by atoms with Crippen molar-refractivity contribution in [2.24, 2.45) is 0 Å². The number of hydrogen-bond acceptors (Lipinski definition) is 6. The Morgan fingerprint density at radius 1 is 1.10 bits per heavy atom. The molecule has 0 radical (unpaired) electrons. The van der Waals surface area contributed by atoms with Crippen LogP contribution in [0.15, 0.2) is 74.9 Å². The third kappa shape index (κ3) is 3.15. The molecule has 0 bridgehead atoms. The maximum atomic E-state index is 13.5. The number of aromatic amines is 1. The fraction of sp³-hybridized carbons (Fsp3) is 0.0909. The molecule has 5 rings (SSSR count). The lowest BCUT2D eigenvalue weighted by atomic mass is 9.99. The van der Waals surface area contributed by atoms with E-state index in [9.17, 15) is 4.79 Å². The van der Waals surface area contributed by atoms with Crippen LogP contribution in [0.2, 0.25) is 0 Å². The SMILES string of the molecule is CC(Nc1ncnc2[nH]cnc12)c1oc2ccc(Br)cc2c(=O)c1-c1ccccc1. The van der Waals surface area contributed by atoms with Crippen LogP contribution in [0, 0.1) is 0 Å². The van der Waals surface area contributed by atoms with Crippen LogP contribution in [0.4, 0.5) is 5.82 Å². The van der Waals surface area contributed by atoms with Crippen LogP contribution in [0.25, 0.3) is 33.3 Å². The second-order valence-corrected chi connectivity index (χ2v) is 7.78. The third-order valence-corrected chi connectivity index (χ3v) is 5.40. The highest BCUT2D eigenvalue weighted by atomic mass is 79.9. The molecule has 0 spiro atoms. The molecule has 0 saturated carbocycles. The van der Waals surface area contributed by atoms with Gasteiger partial charge in [-0.3, -0.25) is 4.79 Å². The quantitative estimate of drug-likeness (QED) is 0.388. The average Bonchev–Trinajstić information content (AvgIpc) is 3.24. The van der Waals surface area contributed by atoms with Gasteiger partial charge in [0.1, 0.15) is 23.2 Å². The molecular formula is C22H16BrN5O2. The van der Waals surface area contributed by atoms with Gasteiger partial charge in [0.25, 0.3) is 0 Å². The first-order valence-electron chi connectivity index (χ1n) is 9.34. The zero-order valence-electron chi connectivity index (χ0n) is 15.9.